The average molecular weight is 260 g/mol. The molecule has 1 aromatic heterocycles. The van der Waals surface area contributed by atoms with Gasteiger partial charge >= 0.3 is 6.08 Å². The standard InChI is InChI=1S/C15H20N2O2/c1-2-9-14-13(8-1)17-15(19-14)18-11-5-7-12-6-3-4-10-16-12/h1-2,8-9,12,16H,3-7,10-11H2/t12-/m1/s1. The Morgan fingerprint density at radius 2 is 2.26 bits per heavy atom. The number of fused-ring (bicyclic) bond motifs is 1. The lowest BCUT2D eigenvalue weighted by atomic mass is 10.0. The molecule has 1 N–H and O–H groups in total. The molecule has 0 bridgehead atoms. The van der Waals surface area contributed by atoms with Crippen LogP contribution in [0, 0.1) is 0 Å². The van der Waals surface area contributed by atoms with Gasteiger partial charge in [0, 0.05) is 6.04 Å². The van der Waals surface area contributed by atoms with Gasteiger partial charge in [0.25, 0.3) is 0 Å². The van der Waals surface area contributed by atoms with E-state index in [1.165, 1.54) is 25.7 Å². The number of aromatic nitrogens is 1. The van der Waals surface area contributed by atoms with Crippen molar-refractivity contribution in [2.75, 3.05) is 13.2 Å². The molecule has 3 rings (SSSR count). The Morgan fingerprint density at radius 3 is 3.11 bits per heavy atom. The number of oxazole rings is 1. The summed E-state index contributed by atoms with van der Waals surface area (Å²) in [5.41, 5.74) is 1.64. The average Bonchev–Trinajstić information content (AvgIpc) is 2.87. The predicted molar refractivity (Wildman–Crippen MR) is 74.4 cm³/mol. The second kappa shape index (κ2) is 6.06. The first-order chi connectivity index (χ1) is 9.42. The van der Waals surface area contributed by atoms with Crippen molar-refractivity contribution in [2.45, 2.75) is 38.1 Å². The third-order valence-corrected chi connectivity index (χ3v) is 3.61. The number of rotatable bonds is 5. The molecule has 4 nitrogen and oxygen atoms in total. The largest absolute Gasteiger partial charge is 0.450 e. The second-order valence-electron chi connectivity index (χ2n) is 5.09. The number of para-hydroxylation sites is 2. The molecular formula is C15H20N2O2. The van der Waals surface area contributed by atoms with Crippen LogP contribution in [-0.4, -0.2) is 24.2 Å². The van der Waals surface area contributed by atoms with Crippen LogP contribution in [0.3, 0.4) is 0 Å². The van der Waals surface area contributed by atoms with Gasteiger partial charge in [0.1, 0.15) is 5.52 Å². The van der Waals surface area contributed by atoms with Crippen LogP contribution < -0.4 is 10.1 Å². The summed E-state index contributed by atoms with van der Waals surface area (Å²) in [4.78, 5) is 4.29. The van der Waals surface area contributed by atoms with Gasteiger partial charge in [-0.15, -0.1) is 0 Å². The summed E-state index contributed by atoms with van der Waals surface area (Å²) in [7, 11) is 0. The van der Waals surface area contributed by atoms with Crippen molar-refractivity contribution < 1.29 is 9.15 Å². The fourth-order valence-corrected chi connectivity index (χ4v) is 2.57. The molecule has 19 heavy (non-hydrogen) atoms. The molecule has 1 aliphatic rings. The van der Waals surface area contributed by atoms with Crippen LogP contribution in [0.1, 0.15) is 32.1 Å². The number of nitrogens with zero attached hydrogens (tertiary/aromatic N) is 1. The van der Waals surface area contributed by atoms with Gasteiger partial charge in [-0.3, -0.25) is 0 Å². The molecule has 0 spiro atoms. The first kappa shape index (κ1) is 12.5. The highest BCUT2D eigenvalue weighted by atomic mass is 16.6. The number of ether oxygens (including phenoxy) is 1. The van der Waals surface area contributed by atoms with Crippen LogP contribution in [0.2, 0.25) is 0 Å². The van der Waals surface area contributed by atoms with Crippen molar-refractivity contribution in [3.8, 4) is 6.08 Å². The monoisotopic (exact) mass is 260 g/mol. The van der Waals surface area contributed by atoms with E-state index in [1.54, 1.807) is 0 Å². The number of nitrogens with one attached hydrogen (secondary N) is 1. The van der Waals surface area contributed by atoms with Crippen molar-refractivity contribution in [3.63, 3.8) is 0 Å². The van der Waals surface area contributed by atoms with Crippen molar-refractivity contribution in [1.29, 1.82) is 0 Å². The van der Waals surface area contributed by atoms with E-state index in [1.807, 2.05) is 24.3 Å². The molecule has 2 aromatic rings. The van der Waals surface area contributed by atoms with Crippen molar-refractivity contribution in [2.24, 2.45) is 0 Å². The maximum absolute atomic E-state index is 5.58. The third-order valence-electron chi connectivity index (χ3n) is 3.61. The maximum Gasteiger partial charge on any atom is 0.394 e. The second-order valence-corrected chi connectivity index (χ2v) is 5.09. The highest BCUT2D eigenvalue weighted by molar-refractivity contribution is 5.72. The Morgan fingerprint density at radius 1 is 1.32 bits per heavy atom. The third kappa shape index (κ3) is 3.26. The summed E-state index contributed by atoms with van der Waals surface area (Å²) in [5, 5.41) is 3.54. The maximum atomic E-state index is 5.58. The van der Waals surface area contributed by atoms with Crippen LogP contribution in [0.5, 0.6) is 6.08 Å². The summed E-state index contributed by atoms with van der Waals surface area (Å²) in [6.07, 6.45) is 6.55. The minimum Gasteiger partial charge on any atom is -0.450 e. The summed E-state index contributed by atoms with van der Waals surface area (Å²) >= 11 is 0. The van der Waals surface area contributed by atoms with E-state index in [-0.39, 0.29) is 0 Å². The minimum absolute atomic E-state index is 0.387. The van der Waals surface area contributed by atoms with Crippen LogP contribution in [0.4, 0.5) is 0 Å². The molecule has 1 fully saturated rings. The van der Waals surface area contributed by atoms with Gasteiger partial charge in [-0.05, 0) is 44.4 Å². The van der Waals surface area contributed by atoms with Gasteiger partial charge in [-0.25, -0.2) is 0 Å². The molecule has 1 atom stereocenters. The smallest absolute Gasteiger partial charge is 0.394 e. The fraction of sp³-hybridized carbons (Fsp3) is 0.533. The van der Waals surface area contributed by atoms with Gasteiger partial charge in [0.2, 0.25) is 0 Å². The summed E-state index contributed by atoms with van der Waals surface area (Å²) in [6.45, 7) is 1.83. The lowest BCUT2D eigenvalue weighted by Gasteiger charge is -2.23. The van der Waals surface area contributed by atoms with E-state index >= 15 is 0 Å². The van der Waals surface area contributed by atoms with Gasteiger partial charge in [-0.1, -0.05) is 18.6 Å². The summed E-state index contributed by atoms with van der Waals surface area (Å²) < 4.78 is 11.1. The van der Waals surface area contributed by atoms with Crippen molar-refractivity contribution in [3.05, 3.63) is 24.3 Å². The van der Waals surface area contributed by atoms with Crippen molar-refractivity contribution in [1.82, 2.24) is 10.3 Å². The van der Waals surface area contributed by atoms with E-state index in [2.05, 4.69) is 10.3 Å². The topological polar surface area (TPSA) is 47.3 Å². The normalized spacial score (nSPS) is 19.7. The molecule has 0 radical (unpaired) electrons. The molecule has 0 unspecified atom stereocenters. The Bertz CT molecular complexity index is 485. The highest BCUT2D eigenvalue weighted by Gasteiger charge is 2.12. The Labute approximate surface area is 113 Å². The Balaban J connectivity index is 1.44. The van der Waals surface area contributed by atoms with E-state index in [0.29, 0.717) is 18.7 Å². The molecule has 0 aliphatic carbocycles. The SMILES string of the molecule is c1ccc2oc(OCCC[C@H]3CCCCN3)nc2c1. The zero-order valence-corrected chi connectivity index (χ0v) is 11.1. The lowest BCUT2D eigenvalue weighted by Crippen LogP contribution is -2.34. The summed E-state index contributed by atoms with van der Waals surface area (Å²) in [5.74, 6) is 0. The molecule has 102 valence electrons. The summed E-state index contributed by atoms with van der Waals surface area (Å²) in [6, 6.07) is 8.38. The van der Waals surface area contributed by atoms with Crippen LogP contribution in [0.25, 0.3) is 11.1 Å². The van der Waals surface area contributed by atoms with E-state index < -0.39 is 0 Å². The highest BCUT2D eigenvalue weighted by Crippen LogP contribution is 2.20. The Hall–Kier alpha value is -1.55. The first-order valence-corrected chi connectivity index (χ1v) is 7.13. The zero-order valence-electron chi connectivity index (χ0n) is 11.1. The molecule has 1 aromatic carbocycles. The molecule has 0 amide bonds. The molecule has 2 heterocycles. The van der Waals surface area contributed by atoms with Crippen LogP contribution >= 0.6 is 0 Å². The van der Waals surface area contributed by atoms with E-state index in [0.717, 1.165) is 24.1 Å². The first-order valence-electron chi connectivity index (χ1n) is 7.13. The quantitative estimate of drug-likeness (QED) is 0.839. The van der Waals surface area contributed by atoms with Gasteiger partial charge < -0.3 is 14.5 Å². The fourth-order valence-electron chi connectivity index (χ4n) is 2.57. The number of benzene rings is 1. The number of piperidine rings is 1. The molecule has 1 aliphatic heterocycles. The van der Waals surface area contributed by atoms with Crippen molar-refractivity contribution >= 4 is 11.1 Å². The number of hydrogen-bond donors (Lipinski definition) is 1. The van der Waals surface area contributed by atoms with Gasteiger partial charge in [-0.2, -0.15) is 4.98 Å². The molecule has 0 saturated carbocycles. The van der Waals surface area contributed by atoms with Crippen LogP contribution in [-0.2, 0) is 0 Å². The minimum atomic E-state index is 0.387. The lowest BCUT2D eigenvalue weighted by molar-refractivity contribution is 0.223. The Kier molecular flexibility index (Phi) is 3.98. The molecule has 1 saturated heterocycles. The van der Waals surface area contributed by atoms with Crippen LogP contribution in [0.15, 0.2) is 28.7 Å². The van der Waals surface area contributed by atoms with Gasteiger partial charge in [0.05, 0.1) is 6.61 Å². The van der Waals surface area contributed by atoms with Gasteiger partial charge in [0.15, 0.2) is 5.58 Å². The zero-order chi connectivity index (χ0) is 12.9. The predicted octanol–water partition coefficient (Wildman–Crippen LogP) is 3.13. The van der Waals surface area contributed by atoms with E-state index in [4.69, 9.17) is 9.15 Å². The number of hydrogen-bond acceptors (Lipinski definition) is 4. The van der Waals surface area contributed by atoms with E-state index in [9.17, 15) is 0 Å². The molecular weight excluding hydrogens is 240 g/mol. The molecule has 4 heteroatoms.